The van der Waals surface area contributed by atoms with Crippen molar-refractivity contribution >= 4 is 11.7 Å². The number of hydrogen-bond acceptors (Lipinski definition) is 6. The van der Waals surface area contributed by atoms with Gasteiger partial charge in [0, 0.05) is 39.3 Å². The van der Waals surface area contributed by atoms with Crippen LogP contribution in [0.1, 0.15) is 18.5 Å². The zero-order valence-electron chi connectivity index (χ0n) is 15.2. The number of aliphatic hydroxyl groups is 1. The summed E-state index contributed by atoms with van der Waals surface area (Å²) in [5, 5.41) is 13.6. The molecule has 2 heterocycles. The number of aliphatic hydroxyl groups excluding tert-OH is 1. The Bertz CT molecular complexity index is 725. The Morgan fingerprint density at radius 3 is 2.69 bits per heavy atom. The number of hydrogen-bond donors (Lipinski definition) is 2. The number of benzene rings is 1. The van der Waals surface area contributed by atoms with Crippen molar-refractivity contribution in [2.75, 3.05) is 46.4 Å². The van der Waals surface area contributed by atoms with Crippen LogP contribution in [0.25, 0.3) is 0 Å². The molecule has 2 N–H and O–H groups in total. The quantitative estimate of drug-likeness (QED) is 0.785. The molecule has 26 heavy (non-hydrogen) atoms. The van der Waals surface area contributed by atoms with E-state index in [9.17, 15) is 14.7 Å². The number of methoxy groups -OCH3 is 1. The highest BCUT2D eigenvalue weighted by Crippen LogP contribution is 2.38. The van der Waals surface area contributed by atoms with Crippen LogP contribution in [0, 0.1) is 0 Å². The van der Waals surface area contributed by atoms with E-state index in [-0.39, 0.29) is 11.4 Å². The zero-order chi connectivity index (χ0) is 18.7. The van der Waals surface area contributed by atoms with Crippen LogP contribution in [0.5, 0.6) is 5.75 Å². The third-order valence-corrected chi connectivity index (χ3v) is 4.96. The molecule has 7 nitrogen and oxygen atoms in total. The van der Waals surface area contributed by atoms with Crippen LogP contribution >= 0.6 is 0 Å². The molecular formula is C19H25N3O4. The van der Waals surface area contributed by atoms with Gasteiger partial charge in [-0.25, -0.2) is 0 Å². The lowest BCUT2D eigenvalue weighted by molar-refractivity contribution is -0.129. The number of ketones is 1. The van der Waals surface area contributed by atoms with Crippen LogP contribution in [0.15, 0.2) is 35.6 Å². The summed E-state index contributed by atoms with van der Waals surface area (Å²) in [6.07, 6.45) is 0. The minimum Gasteiger partial charge on any atom is -0.503 e. The molecule has 0 bridgehead atoms. The lowest BCUT2D eigenvalue weighted by Crippen LogP contribution is -2.47. The number of ether oxygens (including phenoxy) is 1. The molecule has 1 aromatic rings. The van der Waals surface area contributed by atoms with E-state index in [1.54, 1.807) is 18.1 Å². The lowest BCUT2D eigenvalue weighted by atomic mass is 9.96. The van der Waals surface area contributed by atoms with Crippen molar-refractivity contribution in [3.8, 4) is 5.75 Å². The SMILES string of the molecule is COc1cccc([C@H]2C(C(C)=O)=C(O)C(=O)N2CCN2CCNCC2)c1. The standard InChI is InChI=1S/C19H25N3O4/c1-13(23)16-17(14-4-3-5-15(12-14)26-2)22(19(25)18(16)24)11-10-21-8-6-20-7-9-21/h3-5,12,17,20,24H,6-11H2,1-2H3/t17-/m0/s1. The van der Waals surface area contributed by atoms with Crippen LogP contribution in [0.3, 0.4) is 0 Å². The molecule has 0 spiro atoms. The highest BCUT2D eigenvalue weighted by Gasteiger charge is 2.42. The Balaban J connectivity index is 1.88. The van der Waals surface area contributed by atoms with Crippen molar-refractivity contribution in [3.05, 3.63) is 41.2 Å². The Hall–Kier alpha value is -2.38. The Kier molecular flexibility index (Phi) is 5.58. The Morgan fingerprint density at radius 1 is 1.31 bits per heavy atom. The van der Waals surface area contributed by atoms with E-state index < -0.39 is 17.7 Å². The number of rotatable bonds is 6. The highest BCUT2D eigenvalue weighted by atomic mass is 16.5. The van der Waals surface area contributed by atoms with Crippen molar-refractivity contribution in [2.45, 2.75) is 13.0 Å². The number of nitrogens with zero attached hydrogens (tertiary/aromatic N) is 2. The summed E-state index contributed by atoms with van der Waals surface area (Å²) in [6.45, 7) is 6.22. The second kappa shape index (κ2) is 7.88. The Morgan fingerprint density at radius 2 is 2.04 bits per heavy atom. The van der Waals surface area contributed by atoms with E-state index in [1.165, 1.54) is 6.92 Å². The summed E-state index contributed by atoms with van der Waals surface area (Å²) in [5.41, 5.74) is 0.913. The minimum atomic E-state index is -0.585. The van der Waals surface area contributed by atoms with Gasteiger partial charge in [0.15, 0.2) is 11.5 Å². The summed E-state index contributed by atoms with van der Waals surface area (Å²) < 4.78 is 5.27. The molecule has 0 aliphatic carbocycles. The van der Waals surface area contributed by atoms with Crippen molar-refractivity contribution in [1.82, 2.24) is 15.1 Å². The first-order valence-corrected chi connectivity index (χ1v) is 8.85. The summed E-state index contributed by atoms with van der Waals surface area (Å²) in [7, 11) is 1.57. The fourth-order valence-corrected chi connectivity index (χ4v) is 3.59. The molecule has 0 unspecified atom stereocenters. The fraction of sp³-hybridized carbons (Fsp3) is 0.474. The second-order valence-electron chi connectivity index (χ2n) is 6.59. The maximum absolute atomic E-state index is 12.6. The molecule has 0 aromatic heterocycles. The molecule has 1 amide bonds. The number of Topliss-reactive ketones (excluding diaryl/α,β-unsaturated/α-hetero) is 1. The van der Waals surface area contributed by atoms with E-state index >= 15 is 0 Å². The van der Waals surface area contributed by atoms with Crippen molar-refractivity contribution < 1.29 is 19.4 Å². The third-order valence-electron chi connectivity index (χ3n) is 4.96. The van der Waals surface area contributed by atoms with E-state index in [1.807, 2.05) is 18.2 Å². The van der Waals surface area contributed by atoms with Gasteiger partial charge < -0.3 is 20.1 Å². The monoisotopic (exact) mass is 359 g/mol. The molecule has 0 saturated carbocycles. The summed E-state index contributed by atoms with van der Waals surface area (Å²) in [4.78, 5) is 28.6. The number of carbonyl (C=O) groups is 2. The maximum atomic E-state index is 12.6. The van der Waals surface area contributed by atoms with E-state index in [4.69, 9.17) is 4.74 Å². The van der Waals surface area contributed by atoms with Gasteiger partial charge in [0.05, 0.1) is 18.7 Å². The zero-order valence-corrected chi connectivity index (χ0v) is 15.2. The number of carbonyl (C=O) groups excluding carboxylic acids is 2. The first-order valence-electron chi connectivity index (χ1n) is 8.85. The van der Waals surface area contributed by atoms with E-state index in [0.717, 1.165) is 31.7 Å². The predicted octanol–water partition coefficient (Wildman–Crippen LogP) is 0.885. The van der Waals surface area contributed by atoms with Crippen molar-refractivity contribution in [3.63, 3.8) is 0 Å². The molecule has 1 atom stereocenters. The number of nitrogens with one attached hydrogen (secondary N) is 1. The molecule has 1 aromatic carbocycles. The highest BCUT2D eigenvalue weighted by molar-refractivity contribution is 6.08. The number of piperazine rings is 1. The molecule has 3 rings (SSSR count). The summed E-state index contributed by atoms with van der Waals surface area (Å²) in [6, 6.07) is 6.69. The van der Waals surface area contributed by atoms with Gasteiger partial charge in [0.1, 0.15) is 5.75 Å². The second-order valence-corrected chi connectivity index (χ2v) is 6.59. The van der Waals surface area contributed by atoms with Crippen LogP contribution in [0.4, 0.5) is 0 Å². The minimum absolute atomic E-state index is 0.156. The van der Waals surface area contributed by atoms with Gasteiger partial charge in [-0.2, -0.15) is 0 Å². The first-order chi connectivity index (χ1) is 12.5. The van der Waals surface area contributed by atoms with Gasteiger partial charge in [-0.05, 0) is 24.6 Å². The number of amides is 1. The average molecular weight is 359 g/mol. The average Bonchev–Trinajstić information content (AvgIpc) is 2.92. The first kappa shape index (κ1) is 18.4. The molecule has 2 aliphatic rings. The van der Waals surface area contributed by atoms with Crippen LogP contribution < -0.4 is 10.1 Å². The molecule has 7 heteroatoms. The van der Waals surface area contributed by atoms with Gasteiger partial charge in [-0.1, -0.05) is 12.1 Å². The maximum Gasteiger partial charge on any atom is 0.290 e. The molecule has 1 saturated heterocycles. The van der Waals surface area contributed by atoms with Gasteiger partial charge in [-0.3, -0.25) is 14.5 Å². The van der Waals surface area contributed by atoms with Gasteiger partial charge >= 0.3 is 0 Å². The Labute approximate surface area is 153 Å². The molecule has 1 fully saturated rings. The molecule has 2 aliphatic heterocycles. The smallest absolute Gasteiger partial charge is 0.290 e. The molecule has 140 valence electrons. The third kappa shape index (κ3) is 3.59. The summed E-state index contributed by atoms with van der Waals surface area (Å²) >= 11 is 0. The fourth-order valence-electron chi connectivity index (χ4n) is 3.59. The molecule has 0 radical (unpaired) electrons. The van der Waals surface area contributed by atoms with Crippen molar-refractivity contribution in [1.29, 1.82) is 0 Å². The van der Waals surface area contributed by atoms with Crippen LogP contribution in [-0.2, 0) is 9.59 Å². The largest absolute Gasteiger partial charge is 0.503 e. The van der Waals surface area contributed by atoms with E-state index in [0.29, 0.717) is 18.8 Å². The normalized spacial score (nSPS) is 21.4. The predicted molar refractivity (Wildman–Crippen MR) is 97.1 cm³/mol. The van der Waals surface area contributed by atoms with E-state index in [2.05, 4.69) is 10.2 Å². The summed E-state index contributed by atoms with van der Waals surface area (Å²) in [5.74, 6) is -0.580. The van der Waals surface area contributed by atoms with Gasteiger partial charge in [-0.15, -0.1) is 0 Å². The van der Waals surface area contributed by atoms with Gasteiger partial charge in [0.25, 0.3) is 5.91 Å². The van der Waals surface area contributed by atoms with Gasteiger partial charge in [0.2, 0.25) is 0 Å². The van der Waals surface area contributed by atoms with Crippen LogP contribution in [0.2, 0.25) is 0 Å². The van der Waals surface area contributed by atoms with Crippen molar-refractivity contribution in [2.24, 2.45) is 0 Å². The topological polar surface area (TPSA) is 82.1 Å². The lowest BCUT2D eigenvalue weighted by Gasteiger charge is -2.32. The molecular weight excluding hydrogens is 334 g/mol. The van der Waals surface area contributed by atoms with Crippen LogP contribution in [-0.4, -0.2) is 73.0 Å².